The summed E-state index contributed by atoms with van der Waals surface area (Å²) in [6.07, 6.45) is 1.78. The van der Waals surface area contributed by atoms with Crippen molar-refractivity contribution in [2.24, 2.45) is 0 Å². The first kappa shape index (κ1) is 31.4. The quantitative estimate of drug-likeness (QED) is 0.296. The third kappa shape index (κ3) is 8.43. The van der Waals surface area contributed by atoms with Gasteiger partial charge in [0.25, 0.3) is 0 Å². The number of sulfonamides is 1. The number of hydrogen-bond donors (Lipinski definition) is 1. The normalized spacial score (nSPS) is 12.8. The molecule has 0 saturated carbocycles. The van der Waals surface area contributed by atoms with Crippen LogP contribution in [0.4, 0.5) is 10.1 Å². The van der Waals surface area contributed by atoms with Crippen molar-refractivity contribution in [3.05, 3.63) is 99.8 Å². The molecule has 2 atom stereocenters. The summed E-state index contributed by atoms with van der Waals surface area (Å²) in [5, 5.41) is 3.54. The molecule has 0 aliphatic rings. The second-order valence-corrected chi connectivity index (χ2v) is 12.2. The van der Waals surface area contributed by atoms with Gasteiger partial charge in [0.05, 0.1) is 11.9 Å². The van der Waals surface area contributed by atoms with Gasteiger partial charge in [0, 0.05) is 34.6 Å². The van der Waals surface area contributed by atoms with E-state index in [-0.39, 0.29) is 24.7 Å². The maximum Gasteiger partial charge on any atom is 0.244 e. The van der Waals surface area contributed by atoms with Crippen LogP contribution in [-0.4, -0.2) is 50.0 Å². The molecule has 0 aromatic heterocycles. The number of anilines is 1. The number of nitrogens with one attached hydrogen (secondary N) is 1. The SMILES string of the molecule is CC[C@@H](C)NC(=O)[C@@H](Cc1ccccc1)N(Cc1c(Cl)cccc1Cl)C(=O)CN(c1ccc(F)cc1)S(C)(=O)=O. The number of benzene rings is 3. The van der Waals surface area contributed by atoms with E-state index in [1.807, 2.05) is 44.2 Å². The second-order valence-electron chi connectivity index (χ2n) is 9.49. The van der Waals surface area contributed by atoms with E-state index in [1.54, 1.807) is 18.2 Å². The predicted octanol–water partition coefficient (Wildman–Crippen LogP) is 5.45. The summed E-state index contributed by atoms with van der Waals surface area (Å²) in [5.74, 6) is -1.61. The van der Waals surface area contributed by atoms with Gasteiger partial charge in [-0.15, -0.1) is 0 Å². The number of carbonyl (C=O) groups is 2. The lowest BCUT2D eigenvalue weighted by atomic mass is 10.0. The largest absolute Gasteiger partial charge is 0.352 e. The molecule has 0 aliphatic heterocycles. The second kappa shape index (κ2) is 14.0. The van der Waals surface area contributed by atoms with Gasteiger partial charge in [-0.1, -0.05) is 66.5 Å². The van der Waals surface area contributed by atoms with Crippen LogP contribution in [0.5, 0.6) is 0 Å². The molecule has 2 amide bonds. The van der Waals surface area contributed by atoms with Crippen molar-refractivity contribution < 1.29 is 22.4 Å². The lowest BCUT2D eigenvalue weighted by molar-refractivity contribution is -0.140. The number of carbonyl (C=O) groups excluding carboxylic acids is 2. The Morgan fingerprint density at radius 1 is 0.950 bits per heavy atom. The van der Waals surface area contributed by atoms with Crippen molar-refractivity contribution in [3.8, 4) is 0 Å². The van der Waals surface area contributed by atoms with Crippen LogP contribution >= 0.6 is 23.2 Å². The molecule has 40 heavy (non-hydrogen) atoms. The van der Waals surface area contributed by atoms with E-state index in [1.165, 1.54) is 17.0 Å². The minimum atomic E-state index is -3.97. The highest BCUT2D eigenvalue weighted by Gasteiger charge is 2.34. The third-order valence-electron chi connectivity index (χ3n) is 6.46. The molecular formula is C29H32Cl2FN3O4S. The number of nitrogens with zero attached hydrogens (tertiary/aromatic N) is 2. The third-order valence-corrected chi connectivity index (χ3v) is 8.30. The van der Waals surface area contributed by atoms with E-state index in [4.69, 9.17) is 23.2 Å². The monoisotopic (exact) mass is 607 g/mol. The minimum Gasteiger partial charge on any atom is -0.352 e. The van der Waals surface area contributed by atoms with Crippen molar-refractivity contribution in [1.29, 1.82) is 0 Å². The van der Waals surface area contributed by atoms with Crippen LogP contribution in [-0.2, 0) is 32.6 Å². The molecule has 7 nitrogen and oxygen atoms in total. The Labute approximate surface area is 244 Å². The van der Waals surface area contributed by atoms with Crippen LogP contribution < -0.4 is 9.62 Å². The van der Waals surface area contributed by atoms with Crippen LogP contribution in [0.2, 0.25) is 10.0 Å². The lowest BCUT2D eigenvalue weighted by Crippen LogP contribution is -2.54. The first-order valence-corrected chi connectivity index (χ1v) is 15.3. The van der Waals surface area contributed by atoms with Gasteiger partial charge in [-0.25, -0.2) is 12.8 Å². The van der Waals surface area contributed by atoms with E-state index >= 15 is 0 Å². The van der Waals surface area contributed by atoms with Crippen molar-refractivity contribution >= 4 is 50.7 Å². The maximum atomic E-state index is 14.0. The fourth-order valence-corrected chi connectivity index (χ4v) is 5.44. The summed E-state index contributed by atoms with van der Waals surface area (Å²) < 4.78 is 40.0. The Kier molecular flexibility index (Phi) is 11.0. The van der Waals surface area contributed by atoms with Crippen LogP contribution in [0.1, 0.15) is 31.4 Å². The van der Waals surface area contributed by atoms with Gasteiger partial charge in [-0.05, 0) is 55.3 Å². The Bertz CT molecular complexity index is 1400. The Morgan fingerprint density at radius 2 is 1.55 bits per heavy atom. The van der Waals surface area contributed by atoms with Crippen LogP contribution in [0.25, 0.3) is 0 Å². The van der Waals surface area contributed by atoms with Gasteiger partial charge in [0.1, 0.15) is 18.4 Å². The topological polar surface area (TPSA) is 86.8 Å². The Balaban J connectivity index is 2.10. The molecule has 0 spiro atoms. The molecule has 0 fully saturated rings. The number of halogens is 3. The van der Waals surface area contributed by atoms with Gasteiger partial charge in [-0.2, -0.15) is 0 Å². The van der Waals surface area contributed by atoms with Gasteiger partial charge in [0.2, 0.25) is 21.8 Å². The zero-order valence-corrected chi connectivity index (χ0v) is 24.8. The summed E-state index contributed by atoms with van der Waals surface area (Å²) in [4.78, 5) is 29.0. The summed E-state index contributed by atoms with van der Waals surface area (Å²) >= 11 is 12.9. The maximum absolute atomic E-state index is 14.0. The average molecular weight is 609 g/mol. The predicted molar refractivity (Wildman–Crippen MR) is 157 cm³/mol. The first-order valence-electron chi connectivity index (χ1n) is 12.7. The van der Waals surface area contributed by atoms with E-state index in [9.17, 15) is 22.4 Å². The molecule has 0 bridgehead atoms. The highest BCUT2D eigenvalue weighted by Crippen LogP contribution is 2.28. The summed E-state index contributed by atoms with van der Waals surface area (Å²) in [5.41, 5.74) is 1.33. The van der Waals surface area contributed by atoms with Crippen molar-refractivity contribution in [1.82, 2.24) is 10.2 Å². The summed E-state index contributed by atoms with van der Waals surface area (Å²) in [6.45, 7) is 3.00. The highest BCUT2D eigenvalue weighted by molar-refractivity contribution is 7.92. The molecule has 0 aliphatic carbocycles. The van der Waals surface area contributed by atoms with E-state index < -0.39 is 40.2 Å². The zero-order chi connectivity index (χ0) is 29.4. The fraction of sp³-hybridized carbons (Fsp3) is 0.310. The number of amides is 2. The lowest BCUT2D eigenvalue weighted by Gasteiger charge is -2.34. The molecule has 0 saturated heterocycles. The van der Waals surface area contributed by atoms with Gasteiger partial charge < -0.3 is 10.2 Å². The summed E-state index contributed by atoms with van der Waals surface area (Å²) in [6, 6.07) is 17.7. The highest BCUT2D eigenvalue weighted by atomic mass is 35.5. The summed E-state index contributed by atoms with van der Waals surface area (Å²) in [7, 11) is -3.97. The number of hydrogen-bond acceptors (Lipinski definition) is 4. The van der Waals surface area contributed by atoms with Crippen molar-refractivity contribution in [3.63, 3.8) is 0 Å². The molecule has 0 radical (unpaired) electrons. The van der Waals surface area contributed by atoms with Crippen molar-refractivity contribution in [2.75, 3.05) is 17.1 Å². The molecule has 1 N–H and O–H groups in total. The molecule has 0 unspecified atom stereocenters. The van der Waals surface area contributed by atoms with Gasteiger partial charge in [-0.3, -0.25) is 13.9 Å². The first-order chi connectivity index (χ1) is 18.9. The van der Waals surface area contributed by atoms with Gasteiger partial charge >= 0.3 is 0 Å². The van der Waals surface area contributed by atoms with Crippen LogP contribution in [0, 0.1) is 5.82 Å². The Morgan fingerprint density at radius 3 is 2.10 bits per heavy atom. The van der Waals surface area contributed by atoms with Crippen LogP contribution in [0.3, 0.4) is 0 Å². The van der Waals surface area contributed by atoms with Gasteiger partial charge in [0.15, 0.2) is 0 Å². The molecule has 3 aromatic rings. The van der Waals surface area contributed by atoms with Crippen molar-refractivity contribution in [2.45, 2.75) is 45.3 Å². The minimum absolute atomic E-state index is 0.108. The fourth-order valence-electron chi connectivity index (χ4n) is 4.07. The molecule has 3 rings (SSSR count). The Hall–Kier alpha value is -3.14. The number of rotatable bonds is 12. The average Bonchev–Trinajstić information content (AvgIpc) is 2.91. The molecule has 0 heterocycles. The molecule has 3 aromatic carbocycles. The smallest absolute Gasteiger partial charge is 0.244 e. The van der Waals surface area contributed by atoms with E-state index in [0.717, 1.165) is 28.3 Å². The molecular weight excluding hydrogens is 576 g/mol. The van der Waals surface area contributed by atoms with E-state index in [2.05, 4.69) is 5.32 Å². The van der Waals surface area contributed by atoms with E-state index in [0.29, 0.717) is 22.0 Å². The zero-order valence-electron chi connectivity index (χ0n) is 22.5. The molecule has 11 heteroatoms. The standard InChI is InChI=1S/C29H32Cl2FN3O4S/c1-4-20(2)33-29(37)27(17-21-9-6-5-7-10-21)34(18-24-25(30)11-8-12-26(24)31)28(36)19-35(40(3,38)39)23-15-13-22(32)14-16-23/h5-16,20,27H,4,17-19H2,1-3H3,(H,33,37)/t20-,27-/m1/s1. The van der Waals surface area contributed by atoms with Crippen LogP contribution in [0.15, 0.2) is 72.8 Å². The molecule has 214 valence electrons.